The van der Waals surface area contributed by atoms with Gasteiger partial charge >= 0.3 is 0 Å². The first kappa shape index (κ1) is 10.5. The molecule has 3 nitrogen and oxygen atoms in total. The number of nitrogens with zero attached hydrogens (tertiary/aromatic N) is 1. The van der Waals surface area contributed by atoms with Crippen LogP contribution >= 0.6 is 0 Å². The molecule has 1 saturated carbocycles. The summed E-state index contributed by atoms with van der Waals surface area (Å²) in [5.41, 5.74) is 0.645. The van der Waals surface area contributed by atoms with E-state index < -0.39 is 0 Å². The van der Waals surface area contributed by atoms with Crippen molar-refractivity contribution < 1.29 is 4.79 Å². The van der Waals surface area contributed by atoms with Crippen LogP contribution in [0.1, 0.15) is 23.2 Å². The summed E-state index contributed by atoms with van der Waals surface area (Å²) in [5, 5.41) is 3.01. The lowest BCUT2D eigenvalue weighted by Gasteiger charge is -2.18. The molecule has 3 unspecified atom stereocenters. The Hall–Kier alpha value is -1.64. The fourth-order valence-corrected chi connectivity index (χ4v) is 2.95. The molecule has 0 spiro atoms. The van der Waals surface area contributed by atoms with Crippen molar-refractivity contribution in [2.45, 2.75) is 12.8 Å². The lowest BCUT2D eigenvalue weighted by Crippen LogP contribution is -2.30. The number of hydrogen-bond donors (Lipinski definition) is 1. The van der Waals surface area contributed by atoms with Crippen LogP contribution in [0.25, 0.3) is 0 Å². The molecule has 2 bridgehead atoms. The molecule has 1 amide bonds. The van der Waals surface area contributed by atoms with Crippen LogP contribution in [0, 0.1) is 17.8 Å². The highest BCUT2D eigenvalue weighted by molar-refractivity contribution is 5.93. The summed E-state index contributed by atoms with van der Waals surface area (Å²) in [5.74, 6) is 2.07. The standard InChI is InChI=1S/C14H16N2O/c17-14(12-2-1-5-15-8-12)16-9-13-7-10-3-4-11(13)6-10/h1-5,8,10-11,13H,6-7,9H2,(H,16,17). The molecule has 2 aliphatic carbocycles. The van der Waals surface area contributed by atoms with Gasteiger partial charge in [-0.2, -0.15) is 0 Å². The van der Waals surface area contributed by atoms with Gasteiger partial charge in [-0.3, -0.25) is 9.78 Å². The molecular formula is C14H16N2O. The number of amides is 1. The average Bonchev–Trinajstić information content (AvgIpc) is 2.99. The van der Waals surface area contributed by atoms with Crippen molar-refractivity contribution in [1.82, 2.24) is 10.3 Å². The molecule has 2 aliphatic rings. The summed E-state index contributed by atoms with van der Waals surface area (Å²) in [6, 6.07) is 3.58. The highest BCUT2D eigenvalue weighted by atomic mass is 16.1. The number of aromatic nitrogens is 1. The number of pyridine rings is 1. The van der Waals surface area contributed by atoms with E-state index in [1.54, 1.807) is 24.5 Å². The number of nitrogens with one attached hydrogen (secondary N) is 1. The molecule has 0 saturated heterocycles. The molecule has 17 heavy (non-hydrogen) atoms. The van der Waals surface area contributed by atoms with Gasteiger partial charge in [0.05, 0.1) is 5.56 Å². The van der Waals surface area contributed by atoms with Crippen LogP contribution in [0.2, 0.25) is 0 Å². The highest BCUT2D eigenvalue weighted by Gasteiger charge is 2.35. The molecule has 0 radical (unpaired) electrons. The van der Waals surface area contributed by atoms with E-state index >= 15 is 0 Å². The van der Waals surface area contributed by atoms with Crippen LogP contribution in [0.5, 0.6) is 0 Å². The second-order valence-corrected chi connectivity index (χ2v) is 4.99. The Morgan fingerprint density at radius 3 is 3.00 bits per heavy atom. The number of carbonyl (C=O) groups is 1. The number of fused-ring (bicyclic) bond motifs is 2. The molecule has 3 atom stereocenters. The lowest BCUT2D eigenvalue weighted by molar-refractivity contribution is 0.0944. The SMILES string of the molecule is O=C(NCC1CC2C=CC1C2)c1cccnc1. The topological polar surface area (TPSA) is 42.0 Å². The first-order valence-corrected chi connectivity index (χ1v) is 6.19. The van der Waals surface area contributed by atoms with Gasteiger partial charge in [-0.15, -0.1) is 0 Å². The Kier molecular flexibility index (Phi) is 2.67. The van der Waals surface area contributed by atoms with Crippen molar-refractivity contribution in [3.05, 3.63) is 42.2 Å². The van der Waals surface area contributed by atoms with Crippen LogP contribution in [0.3, 0.4) is 0 Å². The van der Waals surface area contributed by atoms with E-state index in [-0.39, 0.29) is 5.91 Å². The minimum atomic E-state index is -0.00940. The monoisotopic (exact) mass is 228 g/mol. The zero-order valence-electron chi connectivity index (χ0n) is 9.67. The second-order valence-electron chi connectivity index (χ2n) is 4.99. The van der Waals surface area contributed by atoms with Gasteiger partial charge in [0, 0.05) is 18.9 Å². The molecule has 1 aromatic rings. The summed E-state index contributed by atoms with van der Waals surface area (Å²) < 4.78 is 0. The summed E-state index contributed by atoms with van der Waals surface area (Å²) in [4.78, 5) is 15.8. The molecule has 88 valence electrons. The normalized spacial score (nSPS) is 29.5. The Labute approximate surface area is 101 Å². The number of allylic oxidation sites excluding steroid dienone is 2. The van der Waals surface area contributed by atoms with Gasteiger partial charge in [0.1, 0.15) is 0 Å². The predicted octanol–water partition coefficient (Wildman–Crippen LogP) is 2.02. The van der Waals surface area contributed by atoms with Gasteiger partial charge in [0.25, 0.3) is 5.91 Å². The summed E-state index contributed by atoms with van der Waals surface area (Å²) >= 11 is 0. The van der Waals surface area contributed by atoms with E-state index in [2.05, 4.69) is 22.5 Å². The Morgan fingerprint density at radius 2 is 2.35 bits per heavy atom. The smallest absolute Gasteiger partial charge is 0.252 e. The molecule has 3 rings (SSSR count). The van der Waals surface area contributed by atoms with Crippen LogP contribution in [0.4, 0.5) is 0 Å². The summed E-state index contributed by atoms with van der Waals surface area (Å²) in [6.45, 7) is 0.791. The first-order valence-electron chi connectivity index (χ1n) is 6.19. The maximum atomic E-state index is 11.8. The Morgan fingerprint density at radius 1 is 1.41 bits per heavy atom. The zero-order chi connectivity index (χ0) is 11.7. The summed E-state index contributed by atoms with van der Waals surface area (Å²) in [7, 11) is 0. The zero-order valence-corrected chi connectivity index (χ0v) is 9.67. The van der Waals surface area contributed by atoms with Gasteiger partial charge in [-0.05, 0) is 42.7 Å². The minimum absolute atomic E-state index is 0.00940. The molecule has 1 aromatic heterocycles. The van der Waals surface area contributed by atoms with Crippen LogP contribution in [-0.4, -0.2) is 17.4 Å². The molecular weight excluding hydrogens is 212 g/mol. The van der Waals surface area contributed by atoms with Crippen molar-refractivity contribution in [2.75, 3.05) is 6.54 Å². The molecule has 1 heterocycles. The van der Waals surface area contributed by atoms with Gasteiger partial charge in [-0.25, -0.2) is 0 Å². The fourth-order valence-electron chi connectivity index (χ4n) is 2.95. The van der Waals surface area contributed by atoms with Crippen LogP contribution in [0.15, 0.2) is 36.7 Å². The van der Waals surface area contributed by atoms with E-state index in [1.165, 1.54) is 12.8 Å². The van der Waals surface area contributed by atoms with Crippen LogP contribution < -0.4 is 5.32 Å². The van der Waals surface area contributed by atoms with Crippen molar-refractivity contribution in [3.63, 3.8) is 0 Å². The van der Waals surface area contributed by atoms with Crippen LogP contribution in [-0.2, 0) is 0 Å². The quantitative estimate of drug-likeness (QED) is 0.804. The molecule has 1 fully saturated rings. The predicted molar refractivity (Wildman–Crippen MR) is 65.4 cm³/mol. The fraction of sp³-hybridized carbons (Fsp3) is 0.429. The molecule has 1 N–H and O–H groups in total. The van der Waals surface area contributed by atoms with E-state index in [4.69, 9.17) is 0 Å². The van der Waals surface area contributed by atoms with Gasteiger partial charge in [0.2, 0.25) is 0 Å². The van der Waals surface area contributed by atoms with Crippen molar-refractivity contribution in [2.24, 2.45) is 17.8 Å². The lowest BCUT2D eigenvalue weighted by atomic mass is 9.93. The van der Waals surface area contributed by atoms with Gasteiger partial charge in [0.15, 0.2) is 0 Å². The van der Waals surface area contributed by atoms with Crippen molar-refractivity contribution in [3.8, 4) is 0 Å². The maximum absolute atomic E-state index is 11.8. The first-order chi connectivity index (χ1) is 8.33. The summed E-state index contributed by atoms with van der Waals surface area (Å²) in [6.07, 6.45) is 10.4. The second kappa shape index (κ2) is 4.32. The van der Waals surface area contributed by atoms with E-state index in [1.807, 2.05) is 0 Å². The molecule has 0 aromatic carbocycles. The van der Waals surface area contributed by atoms with E-state index in [9.17, 15) is 4.79 Å². The highest BCUT2D eigenvalue weighted by Crippen LogP contribution is 2.42. The average molecular weight is 228 g/mol. The molecule has 0 aliphatic heterocycles. The van der Waals surface area contributed by atoms with E-state index in [0.717, 1.165) is 12.5 Å². The Balaban J connectivity index is 1.55. The number of carbonyl (C=O) groups excluding carboxylic acids is 1. The third kappa shape index (κ3) is 2.09. The third-order valence-electron chi connectivity index (χ3n) is 3.86. The Bertz CT molecular complexity index is 441. The number of rotatable bonds is 3. The minimum Gasteiger partial charge on any atom is -0.352 e. The maximum Gasteiger partial charge on any atom is 0.252 e. The van der Waals surface area contributed by atoms with E-state index in [0.29, 0.717) is 17.4 Å². The third-order valence-corrected chi connectivity index (χ3v) is 3.86. The van der Waals surface area contributed by atoms with Gasteiger partial charge in [-0.1, -0.05) is 12.2 Å². The van der Waals surface area contributed by atoms with Crippen molar-refractivity contribution in [1.29, 1.82) is 0 Å². The largest absolute Gasteiger partial charge is 0.352 e. The molecule has 3 heteroatoms. The van der Waals surface area contributed by atoms with Crippen molar-refractivity contribution >= 4 is 5.91 Å². The van der Waals surface area contributed by atoms with Gasteiger partial charge < -0.3 is 5.32 Å². The number of hydrogen-bond acceptors (Lipinski definition) is 2.